The highest BCUT2D eigenvalue weighted by Crippen LogP contribution is 2.40. The lowest BCUT2D eigenvalue weighted by molar-refractivity contribution is -0.154. The number of pyridine rings is 1. The molecule has 2 aromatic rings. The summed E-state index contributed by atoms with van der Waals surface area (Å²) in [7, 11) is 1.69. The second-order valence-corrected chi connectivity index (χ2v) is 9.90. The molecule has 2 heterocycles. The van der Waals surface area contributed by atoms with Gasteiger partial charge in [-0.1, -0.05) is 44.2 Å². The highest BCUT2D eigenvalue weighted by Gasteiger charge is 2.43. The first kappa shape index (κ1) is 26.9. The van der Waals surface area contributed by atoms with Crippen molar-refractivity contribution in [1.82, 2.24) is 4.98 Å². The van der Waals surface area contributed by atoms with Crippen molar-refractivity contribution in [2.75, 3.05) is 43.6 Å². The summed E-state index contributed by atoms with van der Waals surface area (Å²) in [4.78, 5) is 31.5. The number of amides is 1. The van der Waals surface area contributed by atoms with Crippen LogP contribution >= 0.6 is 0 Å². The monoisotopic (exact) mass is 511 g/mol. The molecule has 1 aromatic carbocycles. The van der Waals surface area contributed by atoms with Crippen LogP contribution in [0.5, 0.6) is 5.88 Å². The predicted octanol–water partition coefficient (Wildman–Crippen LogP) is 3.98. The molecule has 2 N–H and O–H groups in total. The molecule has 1 aliphatic heterocycles. The van der Waals surface area contributed by atoms with Crippen LogP contribution in [-0.2, 0) is 25.7 Å². The normalized spacial score (nSPS) is 19.3. The molecule has 4 rings (SSSR count). The van der Waals surface area contributed by atoms with Crippen LogP contribution in [0.25, 0.3) is 0 Å². The number of ether oxygens (including phenoxy) is 3. The third-order valence-electron chi connectivity index (χ3n) is 7.60. The summed E-state index contributed by atoms with van der Waals surface area (Å²) in [6.07, 6.45) is 1.57. The van der Waals surface area contributed by atoms with Crippen LogP contribution in [-0.4, -0.2) is 61.5 Å². The van der Waals surface area contributed by atoms with Crippen LogP contribution in [0.4, 0.5) is 11.5 Å². The number of carboxylic acid groups (broad SMARTS) is 1. The zero-order valence-corrected chi connectivity index (χ0v) is 21.8. The van der Waals surface area contributed by atoms with Gasteiger partial charge in [0.25, 0.3) is 0 Å². The Kier molecular flexibility index (Phi) is 8.66. The topological polar surface area (TPSA) is 110 Å². The van der Waals surface area contributed by atoms with Crippen LogP contribution in [0.2, 0.25) is 0 Å². The Morgan fingerprint density at radius 2 is 1.78 bits per heavy atom. The number of carbonyl (C=O) groups excluding carboxylic acids is 1. The number of nitrogens with zero attached hydrogens (tertiary/aromatic N) is 2. The number of hydrogen-bond donors (Lipinski definition) is 2. The molecule has 200 valence electrons. The highest BCUT2D eigenvalue weighted by atomic mass is 16.5. The lowest BCUT2D eigenvalue weighted by Gasteiger charge is -2.40. The molecule has 0 bridgehead atoms. The average Bonchev–Trinajstić information content (AvgIpc) is 3.62. The zero-order valence-electron chi connectivity index (χ0n) is 21.8. The molecule has 0 radical (unpaired) electrons. The highest BCUT2D eigenvalue weighted by molar-refractivity contribution is 6.08. The van der Waals surface area contributed by atoms with Gasteiger partial charge in [-0.2, -0.15) is 4.98 Å². The summed E-state index contributed by atoms with van der Waals surface area (Å²) in [5.74, 6) is -0.175. The van der Waals surface area contributed by atoms with Gasteiger partial charge < -0.3 is 29.5 Å². The van der Waals surface area contributed by atoms with Gasteiger partial charge in [0.1, 0.15) is 16.9 Å². The Morgan fingerprint density at radius 1 is 1.08 bits per heavy atom. The standard InChI is InChI=1S/C28H37N3O6/c1-4-28(5-2,27(33)34)26(32)30-24-12-11-23(31-14-22(15-31)35-3)25(29-24)37-18-21-13-20(21)17-36-16-19-9-7-6-8-10-19/h6-12,20-22H,4-5,13-18H2,1-3H3,(H,33,34)(H,29,30,32)/t20-,21-/m1/s1. The molecule has 9 heteroatoms. The van der Waals surface area contributed by atoms with E-state index in [4.69, 9.17) is 14.2 Å². The molecular formula is C28H37N3O6. The molecule has 0 spiro atoms. The van der Waals surface area contributed by atoms with Gasteiger partial charge >= 0.3 is 5.97 Å². The molecule has 2 atom stereocenters. The van der Waals surface area contributed by atoms with Crippen LogP contribution in [0.15, 0.2) is 42.5 Å². The third-order valence-corrected chi connectivity index (χ3v) is 7.60. The summed E-state index contributed by atoms with van der Waals surface area (Å²) in [5, 5.41) is 12.4. The maximum Gasteiger partial charge on any atom is 0.319 e. The summed E-state index contributed by atoms with van der Waals surface area (Å²) < 4.78 is 17.5. The number of rotatable bonds is 14. The van der Waals surface area contributed by atoms with E-state index in [0.717, 1.165) is 30.8 Å². The first-order valence-electron chi connectivity index (χ1n) is 13.0. The van der Waals surface area contributed by atoms with Crippen molar-refractivity contribution in [3.05, 3.63) is 48.0 Å². The Labute approximate surface area is 218 Å². The molecule has 37 heavy (non-hydrogen) atoms. The number of aliphatic carboxylic acids is 1. The third kappa shape index (κ3) is 6.22. The maximum atomic E-state index is 12.9. The van der Waals surface area contributed by atoms with E-state index in [9.17, 15) is 14.7 Å². The average molecular weight is 512 g/mol. The van der Waals surface area contributed by atoms with E-state index in [1.54, 1.807) is 27.0 Å². The quantitative estimate of drug-likeness (QED) is 0.367. The molecule has 1 saturated heterocycles. The first-order valence-corrected chi connectivity index (χ1v) is 13.0. The number of nitrogens with one attached hydrogen (secondary N) is 1. The van der Waals surface area contributed by atoms with Crippen molar-refractivity contribution in [1.29, 1.82) is 0 Å². The van der Waals surface area contributed by atoms with E-state index in [0.29, 0.717) is 37.5 Å². The largest absolute Gasteiger partial charge is 0.480 e. The molecule has 1 aromatic heterocycles. The number of carboxylic acids is 1. The SMILES string of the molecule is CCC(CC)(C(=O)O)C(=O)Nc1ccc(N2CC(OC)C2)c(OC[C@H]2C[C@@H]2COCc2ccccc2)n1. The summed E-state index contributed by atoms with van der Waals surface area (Å²) in [6.45, 7) is 6.65. The minimum absolute atomic E-state index is 0.159. The van der Waals surface area contributed by atoms with Crippen molar-refractivity contribution >= 4 is 23.4 Å². The molecule has 9 nitrogen and oxygen atoms in total. The number of benzene rings is 1. The number of anilines is 2. The van der Waals surface area contributed by atoms with Gasteiger partial charge in [0.05, 0.1) is 25.9 Å². The summed E-state index contributed by atoms with van der Waals surface area (Å²) in [5.41, 5.74) is 0.496. The van der Waals surface area contributed by atoms with E-state index in [-0.39, 0.29) is 24.8 Å². The Morgan fingerprint density at radius 3 is 2.43 bits per heavy atom. The number of carbonyl (C=O) groups is 2. The zero-order chi connectivity index (χ0) is 26.4. The Balaban J connectivity index is 1.38. The smallest absolute Gasteiger partial charge is 0.319 e. The maximum absolute atomic E-state index is 12.9. The van der Waals surface area contributed by atoms with Crippen LogP contribution in [0.3, 0.4) is 0 Å². The van der Waals surface area contributed by atoms with E-state index in [1.807, 2.05) is 24.3 Å². The summed E-state index contributed by atoms with van der Waals surface area (Å²) in [6, 6.07) is 13.7. The molecule has 1 aliphatic carbocycles. The van der Waals surface area contributed by atoms with E-state index < -0.39 is 17.3 Å². The van der Waals surface area contributed by atoms with Gasteiger partial charge in [-0.3, -0.25) is 9.59 Å². The minimum Gasteiger partial charge on any atom is -0.480 e. The Hall–Kier alpha value is -3.17. The van der Waals surface area contributed by atoms with Crippen molar-refractivity contribution in [3.63, 3.8) is 0 Å². The minimum atomic E-state index is -1.49. The van der Waals surface area contributed by atoms with Gasteiger partial charge in [0, 0.05) is 20.2 Å². The van der Waals surface area contributed by atoms with Gasteiger partial charge in [-0.15, -0.1) is 0 Å². The van der Waals surface area contributed by atoms with E-state index in [2.05, 4.69) is 27.3 Å². The van der Waals surface area contributed by atoms with Gasteiger partial charge in [-0.25, -0.2) is 0 Å². The van der Waals surface area contributed by atoms with E-state index in [1.165, 1.54) is 0 Å². The molecule has 1 amide bonds. The number of aromatic nitrogens is 1. The van der Waals surface area contributed by atoms with Crippen molar-refractivity contribution < 1.29 is 28.9 Å². The predicted molar refractivity (Wildman–Crippen MR) is 140 cm³/mol. The number of methoxy groups -OCH3 is 1. The second-order valence-electron chi connectivity index (χ2n) is 9.90. The fraction of sp³-hybridized carbons (Fsp3) is 0.536. The van der Waals surface area contributed by atoms with Crippen molar-refractivity contribution in [3.8, 4) is 5.88 Å². The Bertz CT molecular complexity index is 1070. The van der Waals surface area contributed by atoms with Crippen LogP contribution in [0.1, 0.15) is 38.7 Å². The van der Waals surface area contributed by atoms with Gasteiger partial charge in [0.2, 0.25) is 11.8 Å². The van der Waals surface area contributed by atoms with Gasteiger partial charge in [-0.05, 0) is 48.8 Å². The number of hydrogen-bond acceptors (Lipinski definition) is 7. The van der Waals surface area contributed by atoms with Crippen LogP contribution < -0.4 is 15.0 Å². The molecule has 2 fully saturated rings. The molecule has 0 unspecified atom stereocenters. The first-order chi connectivity index (χ1) is 17.9. The second kappa shape index (κ2) is 11.9. The van der Waals surface area contributed by atoms with Crippen LogP contribution in [0, 0.1) is 17.3 Å². The van der Waals surface area contributed by atoms with Crippen molar-refractivity contribution in [2.45, 2.75) is 45.8 Å². The molecule has 1 saturated carbocycles. The van der Waals surface area contributed by atoms with Gasteiger partial charge in [0.15, 0.2) is 0 Å². The summed E-state index contributed by atoms with van der Waals surface area (Å²) >= 11 is 0. The van der Waals surface area contributed by atoms with Crippen molar-refractivity contribution in [2.24, 2.45) is 17.3 Å². The lowest BCUT2D eigenvalue weighted by Crippen LogP contribution is -2.52. The fourth-order valence-electron chi connectivity index (χ4n) is 4.65. The fourth-order valence-corrected chi connectivity index (χ4v) is 4.65. The van der Waals surface area contributed by atoms with E-state index >= 15 is 0 Å². The lowest BCUT2D eigenvalue weighted by atomic mass is 9.81. The molecular weight excluding hydrogens is 474 g/mol. The molecule has 2 aliphatic rings.